The molecular weight excluding hydrogens is 495 g/mol. The van der Waals surface area contributed by atoms with Crippen LogP contribution in [0.1, 0.15) is 25.2 Å². The molecule has 0 bridgehead atoms. The van der Waals surface area contributed by atoms with E-state index in [1.165, 1.54) is 0 Å². The number of rotatable bonds is 9. The smallest absolute Gasteiger partial charge is 0.191 e. The van der Waals surface area contributed by atoms with E-state index in [4.69, 9.17) is 21.1 Å². The fourth-order valence-corrected chi connectivity index (χ4v) is 2.89. The van der Waals surface area contributed by atoms with E-state index in [2.05, 4.69) is 32.7 Å². The Hall–Kier alpha value is -1.75. The standard InChI is InChI=1S/C18H27ClN6O2.HI/c1-5-16-24-23-12-25(16)8-7-21-18(20-3)22-11-13-9-14(19)17(27-6-2)15(10-13)26-4;/h9-10,12H,5-8,11H2,1-4H3,(H2,20,21,22);1H. The van der Waals surface area contributed by atoms with E-state index >= 15 is 0 Å². The second kappa shape index (κ2) is 12.7. The maximum Gasteiger partial charge on any atom is 0.191 e. The topological polar surface area (TPSA) is 85.6 Å². The molecule has 0 aliphatic heterocycles. The van der Waals surface area contributed by atoms with Crippen LogP contribution in [0.4, 0.5) is 0 Å². The molecule has 0 radical (unpaired) electrons. The van der Waals surface area contributed by atoms with Crippen molar-refractivity contribution in [1.29, 1.82) is 0 Å². The van der Waals surface area contributed by atoms with Crippen molar-refractivity contribution in [1.82, 2.24) is 25.4 Å². The Balaban J connectivity index is 0.00000392. The van der Waals surface area contributed by atoms with Crippen LogP contribution in [0, 0.1) is 0 Å². The predicted molar refractivity (Wildman–Crippen MR) is 122 cm³/mol. The van der Waals surface area contributed by atoms with Crippen LogP contribution in [-0.4, -0.2) is 48.0 Å². The summed E-state index contributed by atoms with van der Waals surface area (Å²) < 4.78 is 12.9. The highest BCUT2D eigenvalue weighted by atomic mass is 127. The van der Waals surface area contributed by atoms with Crippen LogP contribution in [0.3, 0.4) is 0 Å². The number of hydrogen-bond donors (Lipinski definition) is 2. The minimum Gasteiger partial charge on any atom is -0.493 e. The molecule has 10 heteroatoms. The number of ether oxygens (including phenoxy) is 2. The van der Waals surface area contributed by atoms with Crippen molar-refractivity contribution in [3.8, 4) is 11.5 Å². The predicted octanol–water partition coefficient (Wildman–Crippen LogP) is 2.88. The minimum absolute atomic E-state index is 0. The van der Waals surface area contributed by atoms with Gasteiger partial charge in [-0.2, -0.15) is 0 Å². The molecule has 1 aromatic heterocycles. The number of methoxy groups -OCH3 is 1. The molecule has 0 saturated carbocycles. The molecule has 156 valence electrons. The lowest BCUT2D eigenvalue weighted by atomic mass is 10.2. The summed E-state index contributed by atoms with van der Waals surface area (Å²) in [6.07, 6.45) is 2.60. The summed E-state index contributed by atoms with van der Waals surface area (Å²) in [6, 6.07) is 3.77. The van der Waals surface area contributed by atoms with E-state index in [1.807, 2.05) is 23.6 Å². The van der Waals surface area contributed by atoms with Gasteiger partial charge in [0, 0.05) is 33.1 Å². The first-order valence-corrected chi connectivity index (χ1v) is 9.31. The fourth-order valence-electron chi connectivity index (χ4n) is 2.60. The quantitative estimate of drug-likeness (QED) is 0.299. The highest BCUT2D eigenvalue weighted by Gasteiger charge is 2.12. The summed E-state index contributed by atoms with van der Waals surface area (Å²) >= 11 is 6.32. The van der Waals surface area contributed by atoms with E-state index in [1.54, 1.807) is 20.5 Å². The number of guanidine groups is 1. The van der Waals surface area contributed by atoms with E-state index in [-0.39, 0.29) is 24.0 Å². The zero-order valence-electron chi connectivity index (χ0n) is 16.7. The maximum atomic E-state index is 6.32. The molecule has 28 heavy (non-hydrogen) atoms. The van der Waals surface area contributed by atoms with Gasteiger partial charge in [-0.3, -0.25) is 4.99 Å². The molecule has 8 nitrogen and oxygen atoms in total. The fraction of sp³-hybridized carbons (Fsp3) is 0.500. The number of nitrogens with one attached hydrogen (secondary N) is 2. The van der Waals surface area contributed by atoms with E-state index < -0.39 is 0 Å². The molecular formula is C18H28ClIN6O2. The first-order chi connectivity index (χ1) is 13.1. The summed E-state index contributed by atoms with van der Waals surface area (Å²) in [5.74, 6) is 2.85. The molecule has 0 aliphatic rings. The average molecular weight is 523 g/mol. The zero-order valence-corrected chi connectivity index (χ0v) is 19.7. The molecule has 2 rings (SSSR count). The third kappa shape index (κ3) is 6.69. The molecule has 0 amide bonds. The van der Waals surface area contributed by atoms with E-state index in [0.717, 1.165) is 24.4 Å². The van der Waals surface area contributed by atoms with Gasteiger partial charge in [-0.25, -0.2) is 0 Å². The Kier molecular flexibility index (Phi) is 11.0. The highest BCUT2D eigenvalue weighted by molar-refractivity contribution is 14.0. The summed E-state index contributed by atoms with van der Waals surface area (Å²) in [4.78, 5) is 4.24. The molecule has 0 fully saturated rings. The normalized spacial score (nSPS) is 11.0. The molecule has 1 heterocycles. The number of aryl methyl sites for hydroxylation is 1. The maximum absolute atomic E-state index is 6.32. The van der Waals surface area contributed by atoms with Crippen molar-refractivity contribution >= 4 is 41.5 Å². The van der Waals surface area contributed by atoms with Gasteiger partial charge in [0.15, 0.2) is 17.5 Å². The van der Waals surface area contributed by atoms with Crippen molar-refractivity contribution in [3.05, 3.63) is 34.9 Å². The van der Waals surface area contributed by atoms with Crippen molar-refractivity contribution < 1.29 is 9.47 Å². The number of benzene rings is 1. The van der Waals surface area contributed by atoms with Crippen molar-refractivity contribution in [2.24, 2.45) is 4.99 Å². The van der Waals surface area contributed by atoms with Gasteiger partial charge >= 0.3 is 0 Å². The largest absolute Gasteiger partial charge is 0.493 e. The first kappa shape index (κ1) is 24.3. The van der Waals surface area contributed by atoms with Gasteiger partial charge in [-0.15, -0.1) is 34.2 Å². The summed E-state index contributed by atoms with van der Waals surface area (Å²) in [5, 5.41) is 15.1. The van der Waals surface area contributed by atoms with E-state index in [0.29, 0.717) is 42.2 Å². The van der Waals surface area contributed by atoms with Gasteiger partial charge in [0.1, 0.15) is 12.2 Å². The lowest BCUT2D eigenvalue weighted by molar-refractivity contribution is 0.311. The Morgan fingerprint density at radius 1 is 1.29 bits per heavy atom. The lowest BCUT2D eigenvalue weighted by Gasteiger charge is -2.15. The van der Waals surface area contributed by atoms with Gasteiger partial charge in [-0.05, 0) is 24.6 Å². The molecule has 0 atom stereocenters. The van der Waals surface area contributed by atoms with Gasteiger partial charge in [0.05, 0.1) is 18.7 Å². The third-order valence-corrected chi connectivity index (χ3v) is 4.20. The third-order valence-electron chi connectivity index (χ3n) is 3.92. The van der Waals surface area contributed by atoms with Crippen LogP contribution >= 0.6 is 35.6 Å². The number of halogens is 2. The van der Waals surface area contributed by atoms with Gasteiger partial charge in [0.2, 0.25) is 0 Å². The van der Waals surface area contributed by atoms with Crippen molar-refractivity contribution in [2.75, 3.05) is 27.3 Å². The monoisotopic (exact) mass is 522 g/mol. The second-order valence-corrected chi connectivity index (χ2v) is 6.10. The van der Waals surface area contributed by atoms with Crippen LogP contribution < -0.4 is 20.1 Å². The van der Waals surface area contributed by atoms with Crippen LogP contribution in [0.15, 0.2) is 23.5 Å². The molecule has 0 spiro atoms. The van der Waals surface area contributed by atoms with Crippen LogP contribution in [0.25, 0.3) is 0 Å². The van der Waals surface area contributed by atoms with E-state index in [9.17, 15) is 0 Å². The van der Waals surface area contributed by atoms with Crippen molar-refractivity contribution in [3.63, 3.8) is 0 Å². The first-order valence-electron chi connectivity index (χ1n) is 8.93. The number of aliphatic imine (C=N–C) groups is 1. The molecule has 0 unspecified atom stereocenters. The Morgan fingerprint density at radius 3 is 2.71 bits per heavy atom. The van der Waals surface area contributed by atoms with Crippen LogP contribution in [0.2, 0.25) is 5.02 Å². The van der Waals surface area contributed by atoms with Gasteiger partial charge in [-0.1, -0.05) is 18.5 Å². The molecule has 2 aromatic rings. The van der Waals surface area contributed by atoms with Gasteiger partial charge < -0.3 is 24.7 Å². The molecule has 1 aromatic carbocycles. The zero-order chi connectivity index (χ0) is 19.6. The number of hydrogen-bond acceptors (Lipinski definition) is 5. The SMILES string of the molecule is CCOc1c(Cl)cc(CNC(=NC)NCCn2cnnc2CC)cc1OC.I. The summed E-state index contributed by atoms with van der Waals surface area (Å²) in [7, 11) is 3.33. The van der Waals surface area contributed by atoms with Crippen LogP contribution in [-0.2, 0) is 19.5 Å². The van der Waals surface area contributed by atoms with Gasteiger partial charge in [0.25, 0.3) is 0 Å². The Labute approximate surface area is 188 Å². The number of aromatic nitrogens is 3. The Bertz CT molecular complexity index is 769. The summed E-state index contributed by atoms with van der Waals surface area (Å²) in [5.41, 5.74) is 0.968. The highest BCUT2D eigenvalue weighted by Crippen LogP contribution is 2.36. The second-order valence-electron chi connectivity index (χ2n) is 5.69. The minimum atomic E-state index is 0. The lowest BCUT2D eigenvalue weighted by Crippen LogP contribution is -2.38. The Morgan fingerprint density at radius 2 is 2.07 bits per heavy atom. The molecule has 0 saturated heterocycles. The van der Waals surface area contributed by atoms with Crippen molar-refractivity contribution in [2.45, 2.75) is 33.4 Å². The molecule has 0 aliphatic carbocycles. The average Bonchev–Trinajstić information content (AvgIpc) is 3.13. The summed E-state index contributed by atoms with van der Waals surface area (Å²) in [6.45, 7) is 6.51. The molecule has 2 N–H and O–H groups in total. The van der Waals surface area contributed by atoms with Crippen LogP contribution in [0.5, 0.6) is 11.5 Å². The number of nitrogens with zero attached hydrogens (tertiary/aromatic N) is 4.